The smallest absolute Gasteiger partial charge is 0.343 e. The van der Waals surface area contributed by atoms with Gasteiger partial charge in [0.2, 0.25) is 0 Å². The van der Waals surface area contributed by atoms with Crippen LogP contribution < -0.4 is 10.5 Å². The first kappa shape index (κ1) is 23.2. The fourth-order valence-electron chi connectivity index (χ4n) is 5.54. The molecule has 3 aliphatic rings. The number of anilines is 1. The molecule has 0 saturated heterocycles. The van der Waals surface area contributed by atoms with E-state index < -0.39 is 11.6 Å². The van der Waals surface area contributed by atoms with Crippen LogP contribution in [0.25, 0.3) is 22.3 Å². The average Bonchev–Trinajstić information content (AvgIpc) is 3.24. The van der Waals surface area contributed by atoms with Gasteiger partial charge in [0, 0.05) is 17.7 Å². The minimum atomic E-state index is -1.86. The van der Waals surface area contributed by atoms with Crippen molar-refractivity contribution in [1.82, 2.24) is 9.55 Å². The number of ether oxygens (including phenoxy) is 1. The Hall–Kier alpha value is -3.23. The van der Waals surface area contributed by atoms with Crippen LogP contribution in [0.5, 0.6) is 0 Å². The van der Waals surface area contributed by atoms with Gasteiger partial charge in [-0.05, 0) is 37.0 Å². The molecule has 0 saturated carbocycles. The van der Waals surface area contributed by atoms with Crippen molar-refractivity contribution in [3.63, 3.8) is 0 Å². The summed E-state index contributed by atoms with van der Waals surface area (Å²) in [5.41, 5.74) is 3.27. The summed E-state index contributed by atoms with van der Waals surface area (Å²) >= 11 is 6.39. The maximum absolute atomic E-state index is 13.6. The van der Waals surface area contributed by atoms with Crippen molar-refractivity contribution in [1.29, 1.82) is 0 Å². The van der Waals surface area contributed by atoms with Gasteiger partial charge in [-0.15, -0.1) is 11.6 Å². The molecule has 0 amide bonds. The first-order chi connectivity index (χ1) is 17.3. The number of hydrogen-bond donors (Lipinski definition) is 1. The molecule has 0 radical (unpaired) electrons. The van der Waals surface area contributed by atoms with E-state index >= 15 is 0 Å². The molecule has 36 heavy (non-hydrogen) atoms. The summed E-state index contributed by atoms with van der Waals surface area (Å²) in [4.78, 5) is 38.1. The largest absolute Gasteiger partial charge is 0.458 e. The van der Waals surface area contributed by atoms with Gasteiger partial charge in [-0.25, -0.2) is 14.8 Å². The Morgan fingerprint density at radius 2 is 2.06 bits per heavy atom. The van der Waals surface area contributed by atoms with Crippen LogP contribution in [-0.4, -0.2) is 38.9 Å². The number of hydrogen-bond acceptors (Lipinski definition) is 7. The lowest BCUT2D eigenvalue weighted by atomic mass is 9.86. The van der Waals surface area contributed by atoms with Crippen LogP contribution in [0.4, 0.5) is 11.4 Å². The quantitative estimate of drug-likeness (QED) is 0.321. The number of alkyl halides is 1. The fourth-order valence-corrected chi connectivity index (χ4v) is 5.74. The van der Waals surface area contributed by atoms with E-state index in [1.807, 2.05) is 18.2 Å². The van der Waals surface area contributed by atoms with Crippen molar-refractivity contribution in [2.75, 3.05) is 17.3 Å². The van der Waals surface area contributed by atoms with Crippen LogP contribution in [-0.2, 0) is 28.3 Å². The molecule has 1 atom stereocenters. The fraction of sp³-hybridized carbons (Fsp3) is 0.407. The van der Waals surface area contributed by atoms with E-state index in [1.54, 1.807) is 17.6 Å². The Morgan fingerprint density at radius 3 is 2.78 bits per heavy atom. The molecule has 6 rings (SSSR count). The molecule has 1 unspecified atom stereocenters. The third-order valence-electron chi connectivity index (χ3n) is 7.54. The summed E-state index contributed by atoms with van der Waals surface area (Å²) in [5, 5.41) is 12.1. The molecule has 0 bridgehead atoms. The maximum Gasteiger partial charge on any atom is 0.343 e. The number of amidine groups is 1. The molecule has 0 aliphatic carbocycles. The molecule has 8 nitrogen and oxygen atoms in total. The predicted molar refractivity (Wildman–Crippen MR) is 139 cm³/mol. The van der Waals surface area contributed by atoms with Gasteiger partial charge < -0.3 is 19.3 Å². The third kappa shape index (κ3) is 3.10. The standard InChI is InChI=1S/C27H27ClN4O4/c1-4-27(35)17-10-20-23-15(12-32(20)25(33)16(17)13-36-26(27)34)24-22-18(6-5-7-19(22)30-23)29-21(11-28)31(24)9-8-14(2)3/h5-7,10,14,35H,4,8-9,11-13H2,1-3H3. The van der Waals surface area contributed by atoms with Crippen molar-refractivity contribution in [3.05, 3.63) is 51.3 Å². The van der Waals surface area contributed by atoms with Crippen LogP contribution >= 0.6 is 11.6 Å². The van der Waals surface area contributed by atoms with E-state index in [2.05, 4.69) is 18.7 Å². The number of halogens is 1. The first-order valence-electron chi connectivity index (χ1n) is 12.3. The molecule has 186 valence electrons. The molecule has 2 aromatic heterocycles. The topological polar surface area (TPSA) is 97.0 Å². The number of aliphatic hydroxyl groups is 1. The molecule has 0 fully saturated rings. The Labute approximate surface area is 213 Å². The SMILES string of the molecule is CCC1(O)C(=O)OCc2c1cc1n(c2=O)Cc2c-1nc1cccc3c1c2N(CCC(C)C)C(CCl)=N3. The number of pyridine rings is 2. The molecule has 1 N–H and O–H groups in total. The highest BCUT2D eigenvalue weighted by molar-refractivity contribution is 6.32. The molecular weight excluding hydrogens is 480 g/mol. The Balaban J connectivity index is 1.63. The molecule has 9 heteroatoms. The number of nitrogens with zero attached hydrogens (tertiary/aromatic N) is 4. The number of cyclic esters (lactones) is 1. The zero-order valence-electron chi connectivity index (χ0n) is 20.5. The van der Waals surface area contributed by atoms with Crippen molar-refractivity contribution >= 4 is 45.7 Å². The zero-order valence-corrected chi connectivity index (χ0v) is 21.2. The Bertz CT molecular complexity index is 1540. The number of esters is 1. The highest BCUT2D eigenvalue weighted by Crippen LogP contribution is 2.47. The minimum absolute atomic E-state index is 0.104. The van der Waals surface area contributed by atoms with Gasteiger partial charge in [-0.3, -0.25) is 4.79 Å². The number of rotatable bonds is 5. The lowest BCUT2D eigenvalue weighted by Gasteiger charge is -2.32. The second kappa shape index (κ2) is 8.15. The lowest BCUT2D eigenvalue weighted by Crippen LogP contribution is -2.44. The number of carbonyl (C=O) groups excluding carboxylic acids is 1. The summed E-state index contributed by atoms with van der Waals surface area (Å²) in [6.45, 7) is 6.98. The summed E-state index contributed by atoms with van der Waals surface area (Å²) < 4.78 is 6.88. The molecule has 0 spiro atoms. The second-order valence-electron chi connectivity index (χ2n) is 10.1. The highest BCUT2D eigenvalue weighted by atomic mass is 35.5. The van der Waals surface area contributed by atoms with Gasteiger partial charge in [0.1, 0.15) is 12.4 Å². The van der Waals surface area contributed by atoms with Crippen molar-refractivity contribution in [3.8, 4) is 11.4 Å². The number of aromatic nitrogens is 2. The van der Waals surface area contributed by atoms with Gasteiger partial charge in [0.25, 0.3) is 5.56 Å². The summed E-state index contributed by atoms with van der Waals surface area (Å²) in [6, 6.07) is 7.58. The zero-order chi connectivity index (χ0) is 25.4. The molecule has 1 aromatic carbocycles. The van der Waals surface area contributed by atoms with Crippen LogP contribution in [0, 0.1) is 5.92 Å². The predicted octanol–water partition coefficient (Wildman–Crippen LogP) is 4.21. The van der Waals surface area contributed by atoms with E-state index in [4.69, 9.17) is 26.3 Å². The van der Waals surface area contributed by atoms with Gasteiger partial charge in [-0.1, -0.05) is 26.8 Å². The van der Waals surface area contributed by atoms with E-state index in [9.17, 15) is 14.7 Å². The van der Waals surface area contributed by atoms with E-state index in [-0.39, 0.29) is 24.5 Å². The number of benzene rings is 1. The first-order valence-corrected chi connectivity index (χ1v) is 12.9. The maximum atomic E-state index is 13.6. The van der Waals surface area contributed by atoms with Gasteiger partial charge in [0.15, 0.2) is 5.60 Å². The van der Waals surface area contributed by atoms with Crippen molar-refractivity contribution in [2.24, 2.45) is 10.9 Å². The summed E-state index contributed by atoms with van der Waals surface area (Å²) in [7, 11) is 0. The normalized spacial score (nSPS) is 19.8. The van der Waals surface area contributed by atoms with Crippen LogP contribution in [0.15, 0.2) is 34.1 Å². The Morgan fingerprint density at radius 1 is 1.25 bits per heavy atom. The van der Waals surface area contributed by atoms with E-state index in [0.717, 1.165) is 46.6 Å². The molecule has 5 heterocycles. The van der Waals surface area contributed by atoms with E-state index in [0.29, 0.717) is 35.0 Å². The summed E-state index contributed by atoms with van der Waals surface area (Å²) in [6.07, 6.45) is 1.05. The Kier molecular flexibility index (Phi) is 5.25. The van der Waals surface area contributed by atoms with Gasteiger partial charge >= 0.3 is 5.97 Å². The molecule has 3 aromatic rings. The highest BCUT2D eigenvalue weighted by Gasteiger charge is 2.45. The number of aliphatic imine (C=N–C) groups is 1. The number of fused-ring (bicyclic) bond motifs is 5. The van der Waals surface area contributed by atoms with Crippen LogP contribution in [0.1, 0.15) is 50.3 Å². The molecule has 3 aliphatic heterocycles. The van der Waals surface area contributed by atoms with Crippen molar-refractivity contribution < 1.29 is 14.6 Å². The lowest BCUT2D eigenvalue weighted by molar-refractivity contribution is -0.172. The number of carbonyl (C=O) groups is 1. The third-order valence-corrected chi connectivity index (χ3v) is 7.78. The van der Waals surface area contributed by atoms with Gasteiger partial charge in [0.05, 0.1) is 51.7 Å². The van der Waals surface area contributed by atoms with Crippen LogP contribution in [0.2, 0.25) is 0 Å². The van der Waals surface area contributed by atoms with Gasteiger partial charge in [-0.2, -0.15) is 0 Å². The van der Waals surface area contributed by atoms with E-state index in [1.165, 1.54) is 0 Å². The minimum Gasteiger partial charge on any atom is -0.458 e. The summed E-state index contributed by atoms with van der Waals surface area (Å²) in [5.74, 6) is 0.788. The average molecular weight is 507 g/mol. The van der Waals surface area contributed by atoms with Crippen LogP contribution in [0.3, 0.4) is 0 Å². The second-order valence-corrected chi connectivity index (χ2v) is 10.3. The monoisotopic (exact) mass is 506 g/mol. The molecular formula is C27H27ClN4O4. The van der Waals surface area contributed by atoms with Crippen molar-refractivity contribution in [2.45, 2.75) is 52.4 Å².